The summed E-state index contributed by atoms with van der Waals surface area (Å²) in [5.74, 6) is 0.788. The molecule has 1 unspecified atom stereocenters. The van der Waals surface area contributed by atoms with Crippen LogP contribution in [0.15, 0.2) is 30.3 Å². The van der Waals surface area contributed by atoms with Gasteiger partial charge in [-0.3, -0.25) is 0 Å². The molecule has 0 aliphatic carbocycles. The summed E-state index contributed by atoms with van der Waals surface area (Å²) < 4.78 is 0. The Balaban J connectivity index is 2.66. The van der Waals surface area contributed by atoms with E-state index in [4.69, 9.17) is 0 Å². The van der Waals surface area contributed by atoms with E-state index in [1.807, 2.05) is 0 Å². The summed E-state index contributed by atoms with van der Waals surface area (Å²) in [5, 5.41) is 0. The van der Waals surface area contributed by atoms with Crippen LogP contribution in [-0.4, -0.2) is 19.0 Å². The highest BCUT2D eigenvalue weighted by molar-refractivity contribution is 5.18. The molecule has 0 radical (unpaired) electrons. The van der Waals surface area contributed by atoms with Crippen LogP contribution in [0.1, 0.15) is 38.3 Å². The molecule has 0 aliphatic heterocycles. The fraction of sp³-hybridized carbons (Fsp3) is 0.571. The van der Waals surface area contributed by atoms with E-state index < -0.39 is 0 Å². The predicted octanol–water partition coefficient (Wildman–Crippen LogP) is 3.73. The Bertz CT molecular complexity index is 264. The number of hydrogen-bond acceptors (Lipinski definition) is 1. The molecule has 1 aromatic carbocycles. The number of rotatable bonds is 5. The molecule has 1 atom stereocenters. The Morgan fingerprint density at radius 3 is 2.07 bits per heavy atom. The molecule has 1 nitrogen and oxygen atoms in total. The summed E-state index contributed by atoms with van der Waals surface area (Å²) in [4.78, 5) is 2.32. The van der Waals surface area contributed by atoms with E-state index in [1.54, 1.807) is 0 Å². The first-order valence-corrected chi connectivity index (χ1v) is 5.82. The average Bonchev–Trinajstić information content (AvgIpc) is 2.18. The number of hydrogen-bond donors (Lipinski definition) is 0. The molecule has 0 saturated carbocycles. The summed E-state index contributed by atoms with van der Waals surface area (Å²) in [6.07, 6.45) is 2.53. The third-order valence-electron chi connectivity index (χ3n) is 2.83. The molecule has 84 valence electrons. The minimum absolute atomic E-state index is 0.564. The quantitative estimate of drug-likeness (QED) is 0.708. The van der Waals surface area contributed by atoms with Crippen molar-refractivity contribution in [1.82, 2.24) is 4.90 Å². The van der Waals surface area contributed by atoms with Gasteiger partial charge in [-0.05, 0) is 38.4 Å². The van der Waals surface area contributed by atoms with E-state index >= 15 is 0 Å². The SMILES string of the molecule is CC(C)CCC(c1ccccc1)N(C)C. The maximum absolute atomic E-state index is 2.32. The zero-order valence-electron chi connectivity index (χ0n) is 10.4. The molecule has 0 aliphatic rings. The number of nitrogens with zero attached hydrogens (tertiary/aromatic N) is 1. The molecule has 1 aromatic rings. The molecular formula is C14H23N. The summed E-state index contributed by atoms with van der Waals surface area (Å²) in [5.41, 5.74) is 1.43. The van der Waals surface area contributed by atoms with Crippen molar-refractivity contribution in [2.75, 3.05) is 14.1 Å². The molecule has 0 N–H and O–H groups in total. The van der Waals surface area contributed by atoms with Crippen LogP contribution in [-0.2, 0) is 0 Å². The summed E-state index contributed by atoms with van der Waals surface area (Å²) in [6.45, 7) is 4.58. The van der Waals surface area contributed by atoms with Crippen molar-refractivity contribution in [2.45, 2.75) is 32.7 Å². The second-order valence-corrected chi connectivity index (χ2v) is 4.86. The minimum Gasteiger partial charge on any atom is -0.302 e. The van der Waals surface area contributed by atoms with Crippen LogP contribution in [0, 0.1) is 5.92 Å². The Hall–Kier alpha value is -0.820. The van der Waals surface area contributed by atoms with Crippen molar-refractivity contribution in [3.05, 3.63) is 35.9 Å². The van der Waals surface area contributed by atoms with E-state index in [0.29, 0.717) is 6.04 Å². The monoisotopic (exact) mass is 205 g/mol. The molecule has 0 fully saturated rings. The first kappa shape index (κ1) is 12.3. The molecule has 1 heteroatoms. The summed E-state index contributed by atoms with van der Waals surface area (Å²) >= 11 is 0. The smallest absolute Gasteiger partial charge is 0.0342 e. The molecule has 0 aromatic heterocycles. The Labute approximate surface area is 94.1 Å². The van der Waals surface area contributed by atoms with Crippen LogP contribution in [0.4, 0.5) is 0 Å². The third kappa shape index (κ3) is 4.05. The van der Waals surface area contributed by atoms with Crippen LogP contribution >= 0.6 is 0 Å². The zero-order valence-corrected chi connectivity index (χ0v) is 10.4. The molecule has 0 saturated heterocycles. The molecule has 0 amide bonds. The highest BCUT2D eigenvalue weighted by Gasteiger charge is 2.13. The zero-order chi connectivity index (χ0) is 11.3. The van der Waals surface area contributed by atoms with Crippen molar-refractivity contribution in [1.29, 1.82) is 0 Å². The molecular weight excluding hydrogens is 182 g/mol. The molecule has 1 rings (SSSR count). The Kier molecular flexibility index (Phi) is 4.83. The molecule has 0 spiro atoms. The van der Waals surface area contributed by atoms with Crippen molar-refractivity contribution < 1.29 is 0 Å². The van der Waals surface area contributed by atoms with Crippen molar-refractivity contribution >= 4 is 0 Å². The van der Waals surface area contributed by atoms with Gasteiger partial charge in [-0.15, -0.1) is 0 Å². The molecule has 0 heterocycles. The van der Waals surface area contributed by atoms with Gasteiger partial charge in [0.2, 0.25) is 0 Å². The van der Waals surface area contributed by atoms with Crippen molar-refractivity contribution in [3.63, 3.8) is 0 Å². The van der Waals surface area contributed by atoms with Gasteiger partial charge in [-0.25, -0.2) is 0 Å². The van der Waals surface area contributed by atoms with E-state index in [1.165, 1.54) is 18.4 Å². The van der Waals surface area contributed by atoms with E-state index in [9.17, 15) is 0 Å². The van der Waals surface area contributed by atoms with Gasteiger partial charge >= 0.3 is 0 Å². The standard InChI is InChI=1S/C14H23N/c1-12(2)10-11-14(15(3)4)13-8-6-5-7-9-13/h5-9,12,14H,10-11H2,1-4H3. The van der Waals surface area contributed by atoms with Gasteiger partial charge in [0.25, 0.3) is 0 Å². The van der Waals surface area contributed by atoms with Crippen LogP contribution in [0.25, 0.3) is 0 Å². The number of benzene rings is 1. The Morgan fingerprint density at radius 2 is 1.60 bits per heavy atom. The normalized spacial score (nSPS) is 13.5. The fourth-order valence-electron chi connectivity index (χ4n) is 1.89. The lowest BCUT2D eigenvalue weighted by Crippen LogP contribution is -2.20. The lowest BCUT2D eigenvalue weighted by molar-refractivity contribution is 0.269. The summed E-state index contributed by atoms with van der Waals surface area (Å²) in [6, 6.07) is 11.4. The maximum atomic E-state index is 2.32. The van der Waals surface area contributed by atoms with Crippen LogP contribution in [0.3, 0.4) is 0 Å². The van der Waals surface area contributed by atoms with Gasteiger partial charge in [0.15, 0.2) is 0 Å². The van der Waals surface area contributed by atoms with E-state index in [-0.39, 0.29) is 0 Å². The first-order valence-electron chi connectivity index (χ1n) is 5.82. The van der Waals surface area contributed by atoms with Crippen molar-refractivity contribution in [2.24, 2.45) is 5.92 Å². The lowest BCUT2D eigenvalue weighted by atomic mass is 9.97. The van der Waals surface area contributed by atoms with Gasteiger partial charge in [-0.1, -0.05) is 44.2 Å². The maximum Gasteiger partial charge on any atom is 0.0342 e. The lowest BCUT2D eigenvalue weighted by Gasteiger charge is -2.25. The second kappa shape index (κ2) is 5.92. The van der Waals surface area contributed by atoms with Crippen molar-refractivity contribution in [3.8, 4) is 0 Å². The van der Waals surface area contributed by atoms with Gasteiger partial charge in [0, 0.05) is 6.04 Å². The Morgan fingerprint density at radius 1 is 1.00 bits per heavy atom. The van der Waals surface area contributed by atoms with Gasteiger partial charge in [0.1, 0.15) is 0 Å². The second-order valence-electron chi connectivity index (χ2n) is 4.86. The average molecular weight is 205 g/mol. The fourth-order valence-corrected chi connectivity index (χ4v) is 1.89. The van der Waals surface area contributed by atoms with Gasteiger partial charge < -0.3 is 4.90 Å². The van der Waals surface area contributed by atoms with Crippen LogP contribution in [0.2, 0.25) is 0 Å². The third-order valence-corrected chi connectivity index (χ3v) is 2.83. The van der Waals surface area contributed by atoms with Crippen LogP contribution < -0.4 is 0 Å². The largest absolute Gasteiger partial charge is 0.302 e. The van der Waals surface area contributed by atoms with Crippen LogP contribution in [0.5, 0.6) is 0 Å². The van der Waals surface area contributed by atoms with E-state index in [0.717, 1.165) is 5.92 Å². The topological polar surface area (TPSA) is 3.24 Å². The highest BCUT2D eigenvalue weighted by atomic mass is 15.1. The predicted molar refractivity (Wildman–Crippen MR) is 66.9 cm³/mol. The van der Waals surface area contributed by atoms with E-state index in [2.05, 4.69) is 63.2 Å². The molecule has 0 bridgehead atoms. The highest BCUT2D eigenvalue weighted by Crippen LogP contribution is 2.24. The first-order chi connectivity index (χ1) is 7.11. The minimum atomic E-state index is 0.564. The van der Waals surface area contributed by atoms with Gasteiger partial charge in [0.05, 0.1) is 0 Å². The molecule has 15 heavy (non-hydrogen) atoms. The van der Waals surface area contributed by atoms with Gasteiger partial charge in [-0.2, -0.15) is 0 Å². The summed E-state index contributed by atoms with van der Waals surface area (Å²) in [7, 11) is 4.33.